The van der Waals surface area contributed by atoms with Gasteiger partial charge in [0.25, 0.3) is 0 Å². The molecular weight excluding hydrogens is 328 g/mol. The van der Waals surface area contributed by atoms with Gasteiger partial charge in [-0.2, -0.15) is 15.4 Å². The molecule has 130 valence electrons. The SMILES string of the molecule is NC(=O)Cc1c(Cc2ccccc2)ncn1Cc1ccc2n[nH]nc2c1. The number of aromatic amines is 1. The molecule has 0 aliphatic carbocycles. The van der Waals surface area contributed by atoms with Crippen LogP contribution in [0, 0.1) is 0 Å². The standard InChI is InChI=1S/C19H18N6O/c20-19(26)10-18-17(8-13-4-2-1-3-5-13)21-12-25(18)11-14-6-7-15-16(9-14)23-24-22-15/h1-7,9,12H,8,10-11H2,(H2,20,26)(H,22,23,24). The minimum absolute atomic E-state index is 0.161. The van der Waals surface area contributed by atoms with E-state index < -0.39 is 0 Å². The van der Waals surface area contributed by atoms with Gasteiger partial charge in [0.2, 0.25) is 5.91 Å². The van der Waals surface area contributed by atoms with Crippen molar-refractivity contribution in [3.63, 3.8) is 0 Å². The van der Waals surface area contributed by atoms with Crippen LogP contribution >= 0.6 is 0 Å². The van der Waals surface area contributed by atoms with Crippen molar-refractivity contribution in [1.29, 1.82) is 0 Å². The van der Waals surface area contributed by atoms with E-state index >= 15 is 0 Å². The number of hydrogen-bond donors (Lipinski definition) is 2. The first kappa shape index (κ1) is 16.0. The summed E-state index contributed by atoms with van der Waals surface area (Å²) in [5.74, 6) is -0.368. The van der Waals surface area contributed by atoms with E-state index in [1.165, 1.54) is 0 Å². The minimum atomic E-state index is -0.368. The first-order valence-corrected chi connectivity index (χ1v) is 8.33. The molecule has 0 unspecified atom stereocenters. The summed E-state index contributed by atoms with van der Waals surface area (Å²) in [5.41, 5.74) is 11.0. The second-order valence-corrected chi connectivity index (χ2v) is 6.22. The Morgan fingerprint density at radius 2 is 1.85 bits per heavy atom. The van der Waals surface area contributed by atoms with Crippen molar-refractivity contribution in [2.24, 2.45) is 5.73 Å². The van der Waals surface area contributed by atoms with Crippen LogP contribution in [0.4, 0.5) is 0 Å². The third-order valence-electron chi connectivity index (χ3n) is 4.32. The Hall–Kier alpha value is -3.48. The number of H-pyrrole nitrogens is 1. The van der Waals surface area contributed by atoms with Crippen molar-refractivity contribution in [3.05, 3.63) is 77.4 Å². The monoisotopic (exact) mass is 346 g/mol. The number of nitrogens with one attached hydrogen (secondary N) is 1. The first-order chi connectivity index (χ1) is 12.7. The van der Waals surface area contributed by atoms with E-state index in [0.717, 1.165) is 33.5 Å². The number of nitrogens with zero attached hydrogens (tertiary/aromatic N) is 4. The molecule has 0 bridgehead atoms. The molecule has 0 atom stereocenters. The zero-order chi connectivity index (χ0) is 17.9. The quantitative estimate of drug-likeness (QED) is 0.556. The molecule has 1 amide bonds. The fraction of sp³-hybridized carbons (Fsp3) is 0.158. The number of rotatable bonds is 6. The molecule has 0 aliphatic rings. The molecule has 4 aromatic rings. The maximum Gasteiger partial charge on any atom is 0.223 e. The van der Waals surface area contributed by atoms with Crippen LogP contribution in [-0.4, -0.2) is 30.9 Å². The molecule has 7 heteroatoms. The number of imidazole rings is 1. The van der Waals surface area contributed by atoms with Crippen LogP contribution in [0.3, 0.4) is 0 Å². The highest BCUT2D eigenvalue weighted by Gasteiger charge is 2.14. The topological polar surface area (TPSA) is 102 Å². The zero-order valence-corrected chi connectivity index (χ0v) is 14.1. The highest BCUT2D eigenvalue weighted by Crippen LogP contribution is 2.17. The van der Waals surface area contributed by atoms with Gasteiger partial charge in [-0.3, -0.25) is 4.79 Å². The average molecular weight is 346 g/mol. The summed E-state index contributed by atoms with van der Waals surface area (Å²) in [5, 5.41) is 10.8. The third kappa shape index (κ3) is 3.32. The largest absolute Gasteiger partial charge is 0.369 e. The number of primary amides is 1. The summed E-state index contributed by atoms with van der Waals surface area (Å²) < 4.78 is 1.98. The van der Waals surface area contributed by atoms with Crippen LogP contribution in [-0.2, 0) is 24.2 Å². The smallest absolute Gasteiger partial charge is 0.223 e. The Morgan fingerprint density at radius 3 is 2.65 bits per heavy atom. The Kier molecular flexibility index (Phi) is 4.18. The second kappa shape index (κ2) is 6.79. The van der Waals surface area contributed by atoms with E-state index in [0.29, 0.717) is 13.0 Å². The normalized spacial score (nSPS) is 11.1. The third-order valence-corrected chi connectivity index (χ3v) is 4.32. The van der Waals surface area contributed by atoms with Gasteiger partial charge in [0.15, 0.2) is 0 Å². The van der Waals surface area contributed by atoms with Gasteiger partial charge >= 0.3 is 0 Å². The number of hydrogen-bond acceptors (Lipinski definition) is 4. The maximum atomic E-state index is 11.6. The number of carbonyl (C=O) groups is 1. The van der Waals surface area contributed by atoms with Crippen LogP contribution in [0.25, 0.3) is 11.0 Å². The first-order valence-electron chi connectivity index (χ1n) is 8.33. The van der Waals surface area contributed by atoms with Gasteiger partial charge in [0.05, 0.1) is 24.1 Å². The van der Waals surface area contributed by atoms with Crippen LogP contribution in [0.15, 0.2) is 54.9 Å². The Balaban J connectivity index is 1.65. The van der Waals surface area contributed by atoms with Crippen LogP contribution < -0.4 is 5.73 Å². The molecule has 0 saturated carbocycles. The van der Waals surface area contributed by atoms with Crippen LogP contribution in [0.2, 0.25) is 0 Å². The highest BCUT2D eigenvalue weighted by molar-refractivity contribution is 5.76. The number of benzene rings is 2. The molecule has 3 N–H and O–H groups in total. The Labute approximate surface area is 149 Å². The van der Waals surface area contributed by atoms with Gasteiger partial charge in [0.1, 0.15) is 11.0 Å². The van der Waals surface area contributed by atoms with E-state index in [9.17, 15) is 4.79 Å². The lowest BCUT2D eigenvalue weighted by atomic mass is 10.1. The van der Waals surface area contributed by atoms with Gasteiger partial charge in [-0.1, -0.05) is 36.4 Å². The molecule has 2 aromatic heterocycles. The zero-order valence-electron chi connectivity index (χ0n) is 14.1. The number of amides is 1. The average Bonchev–Trinajstić information content (AvgIpc) is 3.24. The molecule has 0 saturated heterocycles. The lowest BCUT2D eigenvalue weighted by molar-refractivity contribution is -0.117. The van der Waals surface area contributed by atoms with Gasteiger partial charge in [-0.05, 0) is 23.3 Å². The summed E-state index contributed by atoms with van der Waals surface area (Å²) in [4.78, 5) is 16.1. The molecule has 0 aliphatic heterocycles. The molecule has 2 aromatic carbocycles. The van der Waals surface area contributed by atoms with Crippen molar-refractivity contribution in [3.8, 4) is 0 Å². The van der Waals surface area contributed by atoms with Gasteiger partial charge in [-0.15, -0.1) is 0 Å². The minimum Gasteiger partial charge on any atom is -0.369 e. The molecule has 0 radical (unpaired) electrons. The lowest BCUT2D eigenvalue weighted by Gasteiger charge is -2.09. The van der Waals surface area contributed by atoms with Crippen LogP contribution in [0.1, 0.15) is 22.5 Å². The van der Waals surface area contributed by atoms with Crippen LogP contribution in [0.5, 0.6) is 0 Å². The van der Waals surface area contributed by atoms with Gasteiger partial charge in [-0.25, -0.2) is 4.98 Å². The molecule has 4 rings (SSSR count). The van der Waals surface area contributed by atoms with Gasteiger partial charge < -0.3 is 10.3 Å². The summed E-state index contributed by atoms with van der Waals surface area (Å²) in [6.45, 7) is 0.590. The van der Waals surface area contributed by atoms with E-state index in [4.69, 9.17) is 5.73 Å². The van der Waals surface area contributed by atoms with Crippen molar-refractivity contribution in [2.75, 3.05) is 0 Å². The van der Waals surface area contributed by atoms with Crippen molar-refractivity contribution >= 4 is 16.9 Å². The Bertz CT molecular complexity index is 1050. The Morgan fingerprint density at radius 1 is 1.04 bits per heavy atom. The lowest BCUT2D eigenvalue weighted by Crippen LogP contribution is -2.18. The molecule has 0 fully saturated rings. The fourth-order valence-electron chi connectivity index (χ4n) is 3.07. The van der Waals surface area contributed by atoms with E-state index in [1.807, 2.05) is 53.1 Å². The number of nitrogens with two attached hydrogens (primary N) is 1. The van der Waals surface area contributed by atoms with Crippen molar-refractivity contribution in [1.82, 2.24) is 25.0 Å². The highest BCUT2D eigenvalue weighted by atomic mass is 16.1. The summed E-state index contributed by atoms with van der Waals surface area (Å²) in [7, 11) is 0. The van der Waals surface area contributed by atoms with Crippen molar-refractivity contribution < 1.29 is 4.79 Å². The van der Waals surface area contributed by atoms with E-state index in [-0.39, 0.29) is 12.3 Å². The van der Waals surface area contributed by atoms with Gasteiger partial charge in [0, 0.05) is 13.0 Å². The predicted octanol–water partition coefficient (Wildman–Crippen LogP) is 1.82. The maximum absolute atomic E-state index is 11.6. The number of carbonyl (C=O) groups excluding carboxylic acids is 1. The summed E-state index contributed by atoms with van der Waals surface area (Å²) in [6.07, 6.45) is 2.59. The summed E-state index contributed by atoms with van der Waals surface area (Å²) in [6, 6.07) is 16.0. The molecule has 2 heterocycles. The second-order valence-electron chi connectivity index (χ2n) is 6.22. The molecule has 7 nitrogen and oxygen atoms in total. The molecule has 0 spiro atoms. The number of aromatic nitrogens is 5. The molecular formula is C19H18N6O. The fourth-order valence-corrected chi connectivity index (χ4v) is 3.07. The molecule has 26 heavy (non-hydrogen) atoms. The van der Waals surface area contributed by atoms with E-state index in [1.54, 1.807) is 6.33 Å². The number of fused-ring (bicyclic) bond motifs is 1. The summed E-state index contributed by atoms with van der Waals surface area (Å²) >= 11 is 0. The predicted molar refractivity (Wildman–Crippen MR) is 97.4 cm³/mol. The van der Waals surface area contributed by atoms with E-state index in [2.05, 4.69) is 20.4 Å². The van der Waals surface area contributed by atoms with Crippen molar-refractivity contribution in [2.45, 2.75) is 19.4 Å².